The summed E-state index contributed by atoms with van der Waals surface area (Å²) >= 11 is 0. The fourth-order valence-electron chi connectivity index (χ4n) is 4.49. The predicted octanol–water partition coefficient (Wildman–Crippen LogP) is 2.66. The van der Waals surface area contributed by atoms with Gasteiger partial charge in [-0.25, -0.2) is 13.9 Å². The Morgan fingerprint density at radius 1 is 1.29 bits per heavy atom. The first-order valence-electron chi connectivity index (χ1n) is 11.1. The van der Waals surface area contributed by atoms with Crippen molar-refractivity contribution in [3.63, 3.8) is 0 Å². The number of hydrogen-bond acceptors (Lipinski definition) is 7. The van der Waals surface area contributed by atoms with Crippen LogP contribution < -0.4 is 15.4 Å². The molecule has 0 radical (unpaired) electrons. The zero-order valence-corrected chi connectivity index (χ0v) is 19.2. The van der Waals surface area contributed by atoms with Crippen LogP contribution >= 0.6 is 0 Å². The number of pyridine rings is 1. The molecule has 0 unspecified atom stereocenters. The lowest BCUT2D eigenvalue weighted by Crippen LogP contribution is -2.36. The van der Waals surface area contributed by atoms with Crippen molar-refractivity contribution >= 4 is 23.0 Å². The van der Waals surface area contributed by atoms with E-state index >= 15 is 4.39 Å². The van der Waals surface area contributed by atoms with E-state index in [9.17, 15) is 9.90 Å². The van der Waals surface area contributed by atoms with E-state index in [4.69, 9.17) is 4.74 Å². The van der Waals surface area contributed by atoms with E-state index in [1.807, 2.05) is 6.92 Å². The Balaban J connectivity index is 1.55. The van der Waals surface area contributed by atoms with Crippen LogP contribution in [0.1, 0.15) is 43.1 Å². The highest BCUT2D eigenvalue weighted by Crippen LogP contribution is 2.35. The highest BCUT2D eigenvalue weighted by Gasteiger charge is 2.29. The molecule has 34 heavy (non-hydrogen) atoms. The van der Waals surface area contributed by atoms with Crippen LogP contribution in [0.2, 0.25) is 0 Å². The number of ether oxygens (including phenoxy) is 1. The fourth-order valence-corrected chi connectivity index (χ4v) is 4.49. The lowest BCUT2D eigenvalue weighted by Gasteiger charge is -2.33. The van der Waals surface area contributed by atoms with Gasteiger partial charge in [-0.15, -0.1) is 5.10 Å². The Kier molecular flexibility index (Phi) is 5.35. The molecule has 1 saturated carbocycles. The molecule has 0 saturated heterocycles. The van der Waals surface area contributed by atoms with Gasteiger partial charge >= 0.3 is 0 Å². The SMILES string of the molecule is CNC(=O)c1cnc2ccc(-c3c(F)cn4nc(NC5CCC(C)(O)CC5)nc(OC)c34)cn12. The molecule has 10 nitrogen and oxygen atoms in total. The molecule has 1 fully saturated rings. The number of nitrogens with one attached hydrogen (secondary N) is 2. The van der Waals surface area contributed by atoms with Gasteiger partial charge in [0.2, 0.25) is 11.8 Å². The lowest BCUT2D eigenvalue weighted by atomic mass is 9.84. The van der Waals surface area contributed by atoms with Gasteiger partial charge in [0.25, 0.3) is 5.91 Å². The van der Waals surface area contributed by atoms with Gasteiger partial charge in [-0.3, -0.25) is 9.20 Å². The predicted molar refractivity (Wildman–Crippen MR) is 124 cm³/mol. The monoisotopic (exact) mass is 467 g/mol. The standard InChI is InChI=1S/C23H26FN7O3/c1-23(33)8-6-14(7-9-23)27-22-28-21(34-3)19-18(15(24)12-31(19)29-22)13-4-5-17-26-10-16(20(32)25-2)30(17)11-13/h4-5,10-12,14,33H,6-9H2,1-3H3,(H,25,32)(H,27,29). The largest absolute Gasteiger partial charge is 0.479 e. The summed E-state index contributed by atoms with van der Waals surface area (Å²) in [6.07, 6.45) is 7.33. The van der Waals surface area contributed by atoms with E-state index in [-0.39, 0.29) is 23.4 Å². The van der Waals surface area contributed by atoms with Crippen LogP contribution in [0.15, 0.2) is 30.7 Å². The number of carbonyl (C=O) groups excluding carboxylic acids is 1. The van der Waals surface area contributed by atoms with E-state index in [2.05, 4.69) is 25.7 Å². The number of rotatable bonds is 5. The minimum Gasteiger partial charge on any atom is -0.479 e. The average Bonchev–Trinajstić information content (AvgIpc) is 3.39. The molecule has 0 bridgehead atoms. The van der Waals surface area contributed by atoms with Crippen molar-refractivity contribution in [2.75, 3.05) is 19.5 Å². The third-order valence-electron chi connectivity index (χ3n) is 6.40. The number of aromatic nitrogens is 5. The van der Waals surface area contributed by atoms with Crippen LogP contribution in [-0.4, -0.2) is 60.8 Å². The fraction of sp³-hybridized carbons (Fsp3) is 0.391. The molecule has 1 amide bonds. The number of aliphatic hydroxyl groups is 1. The van der Waals surface area contributed by atoms with Crippen molar-refractivity contribution in [3.05, 3.63) is 42.2 Å². The number of fused-ring (bicyclic) bond motifs is 2. The minimum atomic E-state index is -0.646. The first-order valence-corrected chi connectivity index (χ1v) is 11.1. The molecule has 4 aromatic rings. The van der Waals surface area contributed by atoms with Gasteiger partial charge in [0, 0.05) is 24.8 Å². The van der Waals surface area contributed by atoms with Crippen LogP contribution in [0.4, 0.5) is 10.3 Å². The summed E-state index contributed by atoms with van der Waals surface area (Å²) in [5.74, 6) is -0.256. The summed E-state index contributed by atoms with van der Waals surface area (Å²) < 4.78 is 23.8. The topological polar surface area (TPSA) is 118 Å². The van der Waals surface area contributed by atoms with Crippen molar-refractivity contribution in [3.8, 4) is 17.0 Å². The van der Waals surface area contributed by atoms with Gasteiger partial charge in [0.05, 0.1) is 30.7 Å². The first kappa shape index (κ1) is 22.1. The van der Waals surface area contributed by atoms with Gasteiger partial charge in [-0.1, -0.05) is 0 Å². The highest BCUT2D eigenvalue weighted by atomic mass is 19.1. The zero-order chi connectivity index (χ0) is 24.0. The molecule has 0 spiro atoms. The average molecular weight is 468 g/mol. The maximum absolute atomic E-state index is 15.2. The molecule has 5 rings (SSSR count). The minimum absolute atomic E-state index is 0.106. The summed E-state index contributed by atoms with van der Waals surface area (Å²) in [4.78, 5) is 20.9. The lowest BCUT2D eigenvalue weighted by molar-refractivity contribution is 0.0195. The Bertz CT molecular complexity index is 1380. The summed E-state index contributed by atoms with van der Waals surface area (Å²) in [7, 11) is 3.01. The molecule has 4 aromatic heterocycles. The van der Waals surface area contributed by atoms with E-state index < -0.39 is 11.4 Å². The number of carbonyl (C=O) groups is 1. The van der Waals surface area contributed by atoms with Crippen molar-refractivity contribution in [1.82, 2.24) is 29.3 Å². The number of amides is 1. The number of imidazole rings is 1. The molecule has 0 aliphatic heterocycles. The third kappa shape index (κ3) is 3.81. The van der Waals surface area contributed by atoms with Crippen LogP contribution in [-0.2, 0) is 0 Å². The van der Waals surface area contributed by atoms with E-state index in [1.165, 1.54) is 31.1 Å². The Labute approximate surface area is 194 Å². The molecule has 4 heterocycles. The van der Waals surface area contributed by atoms with E-state index in [1.54, 1.807) is 22.7 Å². The van der Waals surface area contributed by atoms with Crippen LogP contribution in [0.5, 0.6) is 5.88 Å². The molecular weight excluding hydrogens is 441 g/mol. The van der Waals surface area contributed by atoms with Crippen LogP contribution in [0, 0.1) is 5.82 Å². The van der Waals surface area contributed by atoms with Gasteiger partial charge < -0.3 is 20.5 Å². The molecule has 11 heteroatoms. The maximum atomic E-state index is 15.2. The quantitative estimate of drug-likeness (QED) is 0.413. The highest BCUT2D eigenvalue weighted by molar-refractivity contribution is 5.93. The molecule has 0 aromatic carbocycles. The Morgan fingerprint density at radius 2 is 2.06 bits per heavy atom. The van der Waals surface area contributed by atoms with Gasteiger partial charge in [-0.05, 0) is 44.7 Å². The molecular formula is C23H26FN7O3. The van der Waals surface area contributed by atoms with Crippen molar-refractivity contribution in [2.24, 2.45) is 0 Å². The van der Waals surface area contributed by atoms with Crippen LogP contribution in [0.3, 0.4) is 0 Å². The number of nitrogens with zero attached hydrogens (tertiary/aromatic N) is 5. The van der Waals surface area contributed by atoms with E-state index in [0.29, 0.717) is 41.2 Å². The Morgan fingerprint density at radius 3 is 2.76 bits per heavy atom. The zero-order valence-electron chi connectivity index (χ0n) is 19.2. The normalized spacial score (nSPS) is 20.6. The second-order valence-electron chi connectivity index (χ2n) is 8.87. The smallest absolute Gasteiger partial charge is 0.269 e. The molecule has 178 valence electrons. The summed E-state index contributed by atoms with van der Waals surface area (Å²) in [6.45, 7) is 1.84. The summed E-state index contributed by atoms with van der Waals surface area (Å²) in [5.41, 5.74) is 1.41. The van der Waals surface area contributed by atoms with Gasteiger partial charge in [-0.2, -0.15) is 4.98 Å². The third-order valence-corrected chi connectivity index (χ3v) is 6.40. The second kappa shape index (κ2) is 8.24. The first-order chi connectivity index (χ1) is 16.3. The van der Waals surface area contributed by atoms with Gasteiger partial charge in [0.15, 0.2) is 5.82 Å². The molecule has 0 atom stereocenters. The molecule has 1 aliphatic rings. The molecule has 3 N–H and O–H groups in total. The summed E-state index contributed by atoms with van der Waals surface area (Å²) in [5, 5.41) is 20.5. The van der Waals surface area contributed by atoms with Crippen LogP contribution in [0.25, 0.3) is 22.3 Å². The van der Waals surface area contributed by atoms with Crippen molar-refractivity contribution in [2.45, 2.75) is 44.2 Å². The summed E-state index contributed by atoms with van der Waals surface area (Å²) in [6, 6.07) is 3.55. The maximum Gasteiger partial charge on any atom is 0.269 e. The number of methoxy groups -OCH3 is 1. The van der Waals surface area contributed by atoms with E-state index in [0.717, 1.165) is 12.8 Å². The second-order valence-corrected chi connectivity index (χ2v) is 8.87. The number of halogens is 1. The van der Waals surface area contributed by atoms with Gasteiger partial charge in [0.1, 0.15) is 16.9 Å². The Hall–Kier alpha value is -3.73. The van der Waals surface area contributed by atoms with Crippen molar-refractivity contribution < 1.29 is 19.0 Å². The van der Waals surface area contributed by atoms with Crippen molar-refractivity contribution in [1.29, 1.82) is 0 Å². The molecule has 1 aliphatic carbocycles. The number of anilines is 1. The number of hydrogen-bond donors (Lipinski definition) is 3.